The second kappa shape index (κ2) is 3.72. The average molecular weight is 232 g/mol. The zero-order valence-electron chi connectivity index (χ0n) is 8.19. The molecule has 1 nitrogen and oxygen atoms in total. The fraction of sp³-hybridized carbons (Fsp3) is 0.455. The van der Waals surface area contributed by atoms with E-state index in [0.29, 0.717) is 12.8 Å². The summed E-state index contributed by atoms with van der Waals surface area (Å²) in [5, 5.41) is 0.0651. The lowest BCUT2D eigenvalue weighted by atomic mass is 9.88. The molecule has 0 aliphatic heterocycles. The zero-order chi connectivity index (χ0) is 11.1. The molecule has 1 aliphatic rings. The summed E-state index contributed by atoms with van der Waals surface area (Å²) >= 11 is 5.55. The van der Waals surface area contributed by atoms with Gasteiger partial charge >= 0.3 is 0 Å². The minimum Gasteiger partial charge on any atom is -0.321 e. The van der Waals surface area contributed by atoms with Gasteiger partial charge in [-0.05, 0) is 25.0 Å². The van der Waals surface area contributed by atoms with Crippen molar-refractivity contribution >= 4 is 11.6 Å². The maximum Gasteiger partial charge on any atom is 0.132 e. The van der Waals surface area contributed by atoms with Crippen LogP contribution in [-0.4, -0.2) is 0 Å². The molecule has 4 heteroatoms. The van der Waals surface area contributed by atoms with Crippen LogP contribution in [0.25, 0.3) is 0 Å². The van der Waals surface area contributed by atoms with E-state index >= 15 is 0 Å². The summed E-state index contributed by atoms with van der Waals surface area (Å²) in [6.45, 7) is 0. The summed E-state index contributed by atoms with van der Waals surface area (Å²) in [7, 11) is 0. The van der Waals surface area contributed by atoms with E-state index in [1.165, 1.54) is 0 Å². The van der Waals surface area contributed by atoms with E-state index < -0.39 is 17.2 Å². The Morgan fingerprint density at radius 3 is 2.07 bits per heavy atom. The summed E-state index contributed by atoms with van der Waals surface area (Å²) < 4.78 is 27.2. The molecule has 0 amide bonds. The lowest BCUT2D eigenvalue weighted by molar-refractivity contribution is 0.405. The molecule has 82 valence electrons. The van der Waals surface area contributed by atoms with Crippen LogP contribution in [0, 0.1) is 11.6 Å². The van der Waals surface area contributed by atoms with Gasteiger partial charge in [0.15, 0.2) is 0 Å². The quantitative estimate of drug-likeness (QED) is 0.788. The van der Waals surface area contributed by atoms with E-state index in [4.69, 9.17) is 17.3 Å². The van der Waals surface area contributed by atoms with Crippen molar-refractivity contribution in [3.8, 4) is 0 Å². The second-order valence-corrected chi connectivity index (χ2v) is 4.54. The third-order valence-electron chi connectivity index (χ3n) is 3.00. The molecule has 0 atom stereocenters. The molecular formula is C11H12ClF2N. The Morgan fingerprint density at radius 2 is 1.60 bits per heavy atom. The van der Waals surface area contributed by atoms with Gasteiger partial charge in [0.05, 0.1) is 0 Å². The van der Waals surface area contributed by atoms with E-state index in [-0.39, 0.29) is 10.6 Å². The number of rotatable bonds is 1. The van der Waals surface area contributed by atoms with Crippen molar-refractivity contribution in [2.45, 2.75) is 31.2 Å². The van der Waals surface area contributed by atoms with Crippen molar-refractivity contribution in [2.75, 3.05) is 0 Å². The van der Waals surface area contributed by atoms with E-state index in [0.717, 1.165) is 25.0 Å². The number of benzene rings is 1. The molecule has 0 radical (unpaired) electrons. The van der Waals surface area contributed by atoms with Gasteiger partial charge in [-0.1, -0.05) is 24.4 Å². The first-order valence-electron chi connectivity index (χ1n) is 4.97. The fourth-order valence-corrected chi connectivity index (χ4v) is 2.47. The number of nitrogens with two attached hydrogens (primary N) is 1. The lowest BCUT2D eigenvalue weighted by Gasteiger charge is -2.25. The van der Waals surface area contributed by atoms with Gasteiger partial charge in [0, 0.05) is 16.1 Å². The predicted molar refractivity (Wildman–Crippen MR) is 55.7 cm³/mol. The van der Waals surface area contributed by atoms with Gasteiger partial charge in [-0.3, -0.25) is 0 Å². The van der Waals surface area contributed by atoms with Crippen molar-refractivity contribution in [2.24, 2.45) is 5.73 Å². The Morgan fingerprint density at radius 1 is 1.13 bits per heavy atom. The van der Waals surface area contributed by atoms with Crippen LogP contribution in [0.15, 0.2) is 12.1 Å². The fourth-order valence-electron chi connectivity index (χ4n) is 2.27. The topological polar surface area (TPSA) is 26.0 Å². The Bertz CT molecular complexity index is 363. The standard InChI is InChI=1S/C11H12ClF2N/c12-7-5-8(13)10(9(14)6-7)11(15)3-1-2-4-11/h5-6H,1-4,15H2. The largest absolute Gasteiger partial charge is 0.321 e. The van der Waals surface area contributed by atoms with Crippen LogP contribution in [0.3, 0.4) is 0 Å². The molecule has 2 N–H and O–H groups in total. The highest BCUT2D eigenvalue weighted by Crippen LogP contribution is 2.39. The van der Waals surface area contributed by atoms with E-state index in [1.807, 2.05) is 0 Å². The van der Waals surface area contributed by atoms with E-state index in [1.54, 1.807) is 0 Å². The first-order chi connectivity index (χ1) is 7.03. The molecule has 1 aromatic carbocycles. The van der Waals surface area contributed by atoms with Crippen molar-refractivity contribution in [3.63, 3.8) is 0 Å². The second-order valence-electron chi connectivity index (χ2n) is 4.11. The molecule has 0 spiro atoms. The molecule has 0 unspecified atom stereocenters. The Hall–Kier alpha value is -0.670. The molecule has 1 aromatic rings. The molecule has 0 bridgehead atoms. The van der Waals surface area contributed by atoms with E-state index in [9.17, 15) is 8.78 Å². The number of halogens is 3. The summed E-state index contributed by atoms with van der Waals surface area (Å²) in [5.74, 6) is -1.27. The third-order valence-corrected chi connectivity index (χ3v) is 3.22. The van der Waals surface area contributed by atoms with Crippen LogP contribution in [0.4, 0.5) is 8.78 Å². The Labute approximate surface area is 92.2 Å². The summed E-state index contributed by atoms with van der Waals surface area (Å²) in [6.07, 6.45) is 3.08. The third kappa shape index (κ3) is 1.86. The normalized spacial score (nSPS) is 19.5. The van der Waals surface area contributed by atoms with E-state index in [2.05, 4.69) is 0 Å². The van der Waals surface area contributed by atoms with Crippen molar-refractivity contribution in [3.05, 3.63) is 34.4 Å². The number of hydrogen-bond acceptors (Lipinski definition) is 1. The smallest absolute Gasteiger partial charge is 0.132 e. The predicted octanol–water partition coefficient (Wildman–Crippen LogP) is 3.35. The Kier molecular flexibility index (Phi) is 2.69. The van der Waals surface area contributed by atoms with Crippen LogP contribution >= 0.6 is 11.6 Å². The molecule has 0 aromatic heterocycles. The van der Waals surface area contributed by atoms with Gasteiger partial charge in [-0.25, -0.2) is 8.78 Å². The maximum absolute atomic E-state index is 13.6. The van der Waals surface area contributed by atoms with Crippen LogP contribution in [0.2, 0.25) is 5.02 Å². The molecule has 0 heterocycles. The van der Waals surface area contributed by atoms with Crippen LogP contribution < -0.4 is 5.73 Å². The first kappa shape index (κ1) is 10.8. The van der Waals surface area contributed by atoms with Crippen molar-refractivity contribution in [1.82, 2.24) is 0 Å². The molecule has 1 fully saturated rings. The van der Waals surface area contributed by atoms with Crippen LogP contribution in [0.1, 0.15) is 31.2 Å². The highest BCUT2D eigenvalue weighted by atomic mass is 35.5. The van der Waals surface area contributed by atoms with Gasteiger partial charge in [0.1, 0.15) is 11.6 Å². The van der Waals surface area contributed by atoms with Gasteiger partial charge in [0.2, 0.25) is 0 Å². The Balaban J connectivity index is 2.52. The molecular weight excluding hydrogens is 220 g/mol. The van der Waals surface area contributed by atoms with Crippen LogP contribution in [-0.2, 0) is 5.54 Å². The monoisotopic (exact) mass is 231 g/mol. The van der Waals surface area contributed by atoms with Crippen molar-refractivity contribution < 1.29 is 8.78 Å². The molecule has 2 rings (SSSR count). The van der Waals surface area contributed by atoms with Gasteiger partial charge in [-0.15, -0.1) is 0 Å². The zero-order valence-corrected chi connectivity index (χ0v) is 8.95. The highest BCUT2D eigenvalue weighted by molar-refractivity contribution is 6.30. The minimum absolute atomic E-state index is 0.00981. The minimum atomic E-state index is -0.848. The maximum atomic E-state index is 13.6. The lowest BCUT2D eigenvalue weighted by Crippen LogP contribution is -2.35. The van der Waals surface area contributed by atoms with Gasteiger partial charge in [-0.2, -0.15) is 0 Å². The number of hydrogen-bond donors (Lipinski definition) is 1. The summed E-state index contributed by atoms with van der Waals surface area (Å²) in [6, 6.07) is 2.24. The molecule has 1 saturated carbocycles. The molecule has 1 aliphatic carbocycles. The van der Waals surface area contributed by atoms with Crippen LogP contribution in [0.5, 0.6) is 0 Å². The van der Waals surface area contributed by atoms with Gasteiger partial charge < -0.3 is 5.73 Å². The molecule has 15 heavy (non-hydrogen) atoms. The summed E-state index contributed by atoms with van der Waals surface area (Å²) in [4.78, 5) is 0. The SMILES string of the molecule is NC1(c2c(F)cc(Cl)cc2F)CCCC1. The molecule has 0 saturated heterocycles. The first-order valence-corrected chi connectivity index (χ1v) is 5.35. The summed E-state index contributed by atoms with van der Waals surface area (Å²) in [5.41, 5.74) is 5.15. The van der Waals surface area contributed by atoms with Crippen molar-refractivity contribution in [1.29, 1.82) is 0 Å². The average Bonchev–Trinajstić information content (AvgIpc) is 2.50. The van der Waals surface area contributed by atoms with Gasteiger partial charge in [0.25, 0.3) is 0 Å². The highest BCUT2D eigenvalue weighted by Gasteiger charge is 2.36.